The smallest absolute Gasteiger partial charge is 0.255 e. The van der Waals surface area contributed by atoms with Crippen molar-refractivity contribution < 1.29 is 26.3 Å². The topological polar surface area (TPSA) is 55.4 Å². The molecule has 2 aromatic carbocycles. The van der Waals surface area contributed by atoms with Crippen LogP contribution in [0.3, 0.4) is 0 Å². The molecule has 0 atom stereocenters. The summed E-state index contributed by atoms with van der Waals surface area (Å²) < 4.78 is 70.5. The van der Waals surface area contributed by atoms with Crippen LogP contribution in [0.1, 0.15) is 5.56 Å². The van der Waals surface area contributed by atoms with Crippen LogP contribution in [0, 0.1) is 17.5 Å². The van der Waals surface area contributed by atoms with Gasteiger partial charge in [0.2, 0.25) is 0 Å². The number of anilines is 1. The van der Waals surface area contributed by atoms with Crippen molar-refractivity contribution in [2.75, 3.05) is 11.8 Å². The van der Waals surface area contributed by atoms with Crippen molar-refractivity contribution in [3.05, 3.63) is 64.8 Å². The first kappa shape index (κ1) is 16.9. The van der Waals surface area contributed by atoms with E-state index in [2.05, 4.69) is 4.72 Å². The lowest BCUT2D eigenvalue weighted by Gasteiger charge is -2.06. The molecule has 23 heavy (non-hydrogen) atoms. The largest absolute Gasteiger partial charge is 0.497 e. The van der Waals surface area contributed by atoms with E-state index in [9.17, 15) is 21.6 Å². The Bertz CT molecular complexity index is 811. The highest BCUT2D eigenvalue weighted by atomic mass is 32.2. The van der Waals surface area contributed by atoms with Crippen LogP contribution in [0.15, 0.2) is 41.8 Å². The van der Waals surface area contributed by atoms with Crippen LogP contribution < -0.4 is 9.46 Å². The van der Waals surface area contributed by atoms with Gasteiger partial charge in [-0.05, 0) is 30.3 Å². The maximum atomic E-state index is 13.4. The summed E-state index contributed by atoms with van der Waals surface area (Å²) in [6, 6.07) is 6.94. The summed E-state index contributed by atoms with van der Waals surface area (Å²) in [6.45, 7) is 0. The maximum absolute atomic E-state index is 13.4. The highest BCUT2D eigenvalue weighted by molar-refractivity contribution is 7.95. The number of sulfonamides is 1. The molecule has 0 saturated heterocycles. The molecule has 1 N–H and O–H groups in total. The van der Waals surface area contributed by atoms with Crippen LogP contribution >= 0.6 is 0 Å². The molecule has 4 nitrogen and oxygen atoms in total. The summed E-state index contributed by atoms with van der Waals surface area (Å²) in [4.78, 5) is 0. The normalized spacial score (nSPS) is 11.7. The second-order valence-corrected chi connectivity index (χ2v) is 6.03. The first-order chi connectivity index (χ1) is 10.8. The monoisotopic (exact) mass is 343 g/mol. The van der Waals surface area contributed by atoms with Crippen molar-refractivity contribution in [2.24, 2.45) is 0 Å². The number of methoxy groups -OCH3 is 1. The van der Waals surface area contributed by atoms with Crippen molar-refractivity contribution in [3.8, 4) is 5.75 Å². The van der Waals surface area contributed by atoms with Crippen LogP contribution in [0.5, 0.6) is 5.75 Å². The Balaban J connectivity index is 2.20. The minimum absolute atomic E-state index is 0.246. The molecule has 0 radical (unpaired) electrons. The van der Waals surface area contributed by atoms with Gasteiger partial charge in [-0.3, -0.25) is 4.72 Å². The van der Waals surface area contributed by atoms with Crippen LogP contribution in [-0.2, 0) is 10.0 Å². The highest BCUT2D eigenvalue weighted by Gasteiger charge is 2.11. The number of ether oxygens (including phenoxy) is 1. The molecule has 0 bridgehead atoms. The number of hydrogen-bond donors (Lipinski definition) is 1. The van der Waals surface area contributed by atoms with Crippen LogP contribution in [-0.4, -0.2) is 15.5 Å². The molecule has 2 aromatic rings. The fourth-order valence-corrected chi connectivity index (χ4v) is 2.58. The van der Waals surface area contributed by atoms with Crippen molar-refractivity contribution in [2.45, 2.75) is 0 Å². The summed E-state index contributed by atoms with van der Waals surface area (Å²) in [5.41, 5.74) is -0.401. The quantitative estimate of drug-likeness (QED) is 0.904. The molecule has 0 aliphatic carbocycles. The van der Waals surface area contributed by atoms with Crippen LogP contribution in [0.4, 0.5) is 18.9 Å². The van der Waals surface area contributed by atoms with E-state index in [0.717, 1.165) is 6.08 Å². The van der Waals surface area contributed by atoms with Crippen LogP contribution in [0.2, 0.25) is 0 Å². The number of halogens is 3. The van der Waals surface area contributed by atoms with E-state index in [0.29, 0.717) is 23.3 Å². The summed E-state index contributed by atoms with van der Waals surface area (Å²) in [6.07, 6.45) is 0.718. The summed E-state index contributed by atoms with van der Waals surface area (Å²) in [5.74, 6) is -2.94. The molecule has 0 saturated carbocycles. The van der Waals surface area contributed by atoms with E-state index < -0.39 is 33.0 Å². The molecule has 8 heteroatoms. The van der Waals surface area contributed by atoms with E-state index in [1.807, 2.05) is 0 Å². The summed E-state index contributed by atoms with van der Waals surface area (Å²) >= 11 is 0. The molecule has 122 valence electrons. The predicted octanol–water partition coefficient (Wildman–Crippen LogP) is 3.53. The van der Waals surface area contributed by atoms with Gasteiger partial charge >= 0.3 is 0 Å². The third-order valence-corrected chi connectivity index (χ3v) is 3.82. The first-order valence-electron chi connectivity index (χ1n) is 6.30. The van der Waals surface area contributed by atoms with Gasteiger partial charge in [0, 0.05) is 23.4 Å². The Morgan fingerprint density at radius 1 is 1.04 bits per heavy atom. The molecule has 0 amide bonds. The standard InChI is InChI=1S/C15H12F3NO3S/c1-22-12-4-2-11(3-5-12)19-23(20,21)7-6-13-14(17)8-10(16)9-15(13)18/h2-9,19H,1H3/b7-6+. The lowest BCUT2D eigenvalue weighted by atomic mass is 10.2. The predicted molar refractivity (Wildman–Crippen MR) is 80.9 cm³/mol. The fraction of sp³-hybridized carbons (Fsp3) is 0.0667. The van der Waals surface area contributed by atoms with E-state index in [1.165, 1.54) is 19.2 Å². The molecular weight excluding hydrogens is 331 g/mol. The van der Waals surface area contributed by atoms with E-state index in [-0.39, 0.29) is 5.69 Å². The van der Waals surface area contributed by atoms with E-state index >= 15 is 0 Å². The molecule has 0 aliphatic rings. The molecule has 0 aromatic heterocycles. The Labute approximate surface area is 131 Å². The molecule has 0 aliphatic heterocycles. The van der Waals surface area contributed by atoms with Gasteiger partial charge in [0.05, 0.1) is 12.5 Å². The molecular formula is C15H12F3NO3S. The zero-order valence-corrected chi connectivity index (χ0v) is 12.7. The lowest BCUT2D eigenvalue weighted by molar-refractivity contribution is 0.415. The Kier molecular flexibility index (Phi) is 4.95. The molecule has 0 fully saturated rings. The Hall–Kier alpha value is -2.48. The SMILES string of the molecule is COc1ccc(NS(=O)(=O)/C=C/c2c(F)cc(F)cc2F)cc1. The second kappa shape index (κ2) is 6.74. The average molecular weight is 343 g/mol. The van der Waals surface area contributed by atoms with E-state index in [1.54, 1.807) is 12.1 Å². The molecule has 0 heterocycles. The van der Waals surface area contributed by atoms with Gasteiger partial charge in [0.25, 0.3) is 10.0 Å². The Morgan fingerprint density at radius 3 is 2.13 bits per heavy atom. The average Bonchev–Trinajstić information content (AvgIpc) is 2.46. The summed E-state index contributed by atoms with van der Waals surface area (Å²) in [7, 11) is -2.53. The van der Waals surface area contributed by atoms with Gasteiger partial charge in [0.15, 0.2) is 0 Å². The third-order valence-electron chi connectivity index (χ3n) is 2.81. The van der Waals surface area contributed by atoms with Gasteiger partial charge < -0.3 is 4.74 Å². The van der Waals surface area contributed by atoms with Gasteiger partial charge in [-0.25, -0.2) is 21.6 Å². The third kappa shape index (κ3) is 4.49. The van der Waals surface area contributed by atoms with Crippen molar-refractivity contribution in [3.63, 3.8) is 0 Å². The minimum Gasteiger partial charge on any atom is -0.497 e. The first-order valence-corrected chi connectivity index (χ1v) is 7.85. The van der Waals surface area contributed by atoms with Gasteiger partial charge in [-0.1, -0.05) is 0 Å². The fourth-order valence-electron chi connectivity index (χ4n) is 1.73. The van der Waals surface area contributed by atoms with Crippen LogP contribution in [0.25, 0.3) is 6.08 Å². The zero-order chi connectivity index (χ0) is 17.0. The number of hydrogen-bond acceptors (Lipinski definition) is 3. The maximum Gasteiger partial charge on any atom is 0.255 e. The van der Waals surface area contributed by atoms with Crippen molar-refractivity contribution in [1.29, 1.82) is 0 Å². The van der Waals surface area contributed by atoms with Crippen molar-refractivity contribution in [1.82, 2.24) is 0 Å². The summed E-state index contributed by atoms with van der Waals surface area (Å²) in [5, 5.41) is 0.594. The zero-order valence-electron chi connectivity index (χ0n) is 11.9. The Morgan fingerprint density at radius 2 is 1.61 bits per heavy atom. The second-order valence-electron chi connectivity index (χ2n) is 4.46. The molecule has 0 spiro atoms. The van der Waals surface area contributed by atoms with Crippen molar-refractivity contribution >= 4 is 21.8 Å². The van der Waals surface area contributed by atoms with Gasteiger partial charge in [-0.2, -0.15) is 0 Å². The number of benzene rings is 2. The molecule has 0 unspecified atom stereocenters. The van der Waals surface area contributed by atoms with Gasteiger partial charge in [-0.15, -0.1) is 0 Å². The number of rotatable bonds is 5. The lowest BCUT2D eigenvalue weighted by Crippen LogP contribution is -2.08. The molecule has 2 rings (SSSR count). The van der Waals surface area contributed by atoms with Gasteiger partial charge in [0.1, 0.15) is 23.2 Å². The highest BCUT2D eigenvalue weighted by Crippen LogP contribution is 2.19. The van der Waals surface area contributed by atoms with E-state index in [4.69, 9.17) is 4.74 Å². The minimum atomic E-state index is -3.99. The number of nitrogens with one attached hydrogen (secondary N) is 1.